The van der Waals surface area contributed by atoms with Gasteiger partial charge in [-0.2, -0.15) is 0 Å². The number of benzene rings is 2. The van der Waals surface area contributed by atoms with Crippen LogP contribution in [0.2, 0.25) is 25.7 Å². The summed E-state index contributed by atoms with van der Waals surface area (Å²) in [7, 11) is -1.29. The molecule has 2 aliphatic rings. The molecule has 2 aromatic carbocycles. The second kappa shape index (κ2) is 16.3. The molecule has 13 nitrogen and oxygen atoms in total. The Morgan fingerprint density at radius 3 is 2.03 bits per heavy atom. The smallest absolute Gasteiger partial charge is 0.410 e. The lowest BCUT2D eigenvalue weighted by molar-refractivity contribution is 0.0199. The van der Waals surface area contributed by atoms with Crippen LogP contribution in [-0.4, -0.2) is 90.4 Å². The topological polar surface area (TPSA) is 141 Å². The Hall–Kier alpha value is -5.08. The number of H-pyrrole nitrogens is 1. The van der Waals surface area contributed by atoms with E-state index >= 15 is 0 Å². The quantitative estimate of drug-likeness (QED) is 0.108. The molecule has 1 N–H and O–H groups in total. The number of imidazole rings is 2. The van der Waals surface area contributed by atoms with Gasteiger partial charge in [0.25, 0.3) is 0 Å². The third-order valence-electron chi connectivity index (χ3n) is 10.4. The molecule has 0 unspecified atom stereocenters. The predicted octanol–water partition coefficient (Wildman–Crippen LogP) is 10.0. The largest absolute Gasteiger partial charge is 0.444 e. The molecule has 0 aliphatic carbocycles. The van der Waals surface area contributed by atoms with E-state index in [9.17, 15) is 9.59 Å². The minimum Gasteiger partial charge on any atom is -0.444 e. The van der Waals surface area contributed by atoms with Crippen molar-refractivity contribution in [2.24, 2.45) is 0 Å². The van der Waals surface area contributed by atoms with E-state index in [4.69, 9.17) is 29.2 Å². The van der Waals surface area contributed by atoms with Crippen LogP contribution in [0.1, 0.15) is 91.0 Å². The van der Waals surface area contributed by atoms with Gasteiger partial charge in [0.15, 0.2) is 0 Å². The first kappa shape index (κ1) is 41.1. The Kier molecular flexibility index (Phi) is 11.5. The van der Waals surface area contributed by atoms with Crippen molar-refractivity contribution in [1.29, 1.82) is 0 Å². The molecule has 2 fully saturated rings. The van der Waals surface area contributed by atoms with Gasteiger partial charge < -0.3 is 23.8 Å². The number of rotatable bonds is 10. The maximum Gasteiger partial charge on any atom is 0.410 e. The fourth-order valence-corrected chi connectivity index (χ4v) is 8.26. The number of aromatic nitrogens is 6. The maximum atomic E-state index is 13.3. The summed E-state index contributed by atoms with van der Waals surface area (Å²) in [5, 5.41) is 0. The van der Waals surface area contributed by atoms with E-state index in [2.05, 4.69) is 34.2 Å². The minimum atomic E-state index is -1.29. The van der Waals surface area contributed by atoms with Crippen LogP contribution < -0.4 is 0 Å². The summed E-state index contributed by atoms with van der Waals surface area (Å²) in [5.41, 5.74) is 5.81. The van der Waals surface area contributed by atoms with Crippen molar-refractivity contribution in [3.05, 3.63) is 72.7 Å². The van der Waals surface area contributed by atoms with E-state index in [-0.39, 0.29) is 24.3 Å². The van der Waals surface area contributed by atoms with E-state index in [1.165, 1.54) is 0 Å². The number of carbonyl (C=O) groups is 2. The van der Waals surface area contributed by atoms with Crippen LogP contribution in [0.5, 0.6) is 0 Å². The predicted molar refractivity (Wildman–Crippen MR) is 228 cm³/mol. The van der Waals surface area contributed by atoms with E-state index in [0.717, 1.165) is 88.2 Å². The summed E-state index contributed by atoms with van der Waals surface area (Å²) in [4.78, 5) is 52.6. The zero-order chi connectivity index (χ0) is 41.4. The highest BCUT2D eigenvalue weighted by atomic mass is 28.3. The monoisotopic (exact) mass is 806 g/mol. The molecular formula is C44H58N8O5Si. The van der Waals surface area contributed by atoms with Crippen LogP contribution in [0.3, 0.4) is 0 Å². The molecule has 5 heterocycles. The molecular weight excluding hydrogens is 749 g/mol. The maximum absolute atomic E-state index is 13.3. The van der Waals surface area contributed by atoms with E-state index in [0.29, 0.717) is 26.4 Å². The fourth-order valence-electron chi connectivity index (χ4n) is 7.50. The van der Waals surface area contributed by atoms with Crippen LogP contribution in [0.4, 0.5) is 9.59 Å². The van der Waals surface area contributed by atoms with Gasteiger partial charge in [-0.1, -0.05) is 50.0 Å². The molecule has 14 heteroatoms. The van der Waals surface area contributed by atoms with Gasteiger partial charge in [0.1, 0.15) is 29.6 Å². The minimum absolute atomic E-state index is 0.145. The van der Waals surface area contributed by atoms with Gasteiger partial charge in [-0.25, -0.2) is 24.5 Å². The first-order valence-corrected chi connectivity index (χ1v) is 24.2. The molecule has 2 atom stereocenters. The number of nitrogens with one attached hydrogen (secondary N) is 1. The number of carbonyl (C=O) groups excluding carboxylic acids is 2. The van der Waals surface area contributed by atoms with Crippen molar-refractivity contribution >= 4 is 31.3 Å². The van der Waals surface area contributed by atoms with Gasteiger partial charge in [-0.05, 0) is 91.0 Å². The van der Waals surface area contributed by atoms with Gasteiger partial charge in [0.05, 0.1) is 58.8 Å². The molecule has 3 aromatic heterocycles. The molecule has 7 rings (SSSR count). The second-order valence-corrected chi connectivity index (χ2v) is 24.3. The van der Waals surface area contributed by atoms with Gasteiger partial charge in [0, 0.05) is 38.9 Å². The summed E-state index contributed by atoms with van der Waals surface area (Å²) in [6.45, 7) is 20.6. The van der Waals surface area contributed by atoms with Crippen molar-refractivity contribution in [3.63, 3.8) is 0 Å². The van der Waals surface area contributed by atoms with E-state index in [1.54, 1.807) is 16.0 Å². The van der Waals surface area contributed by atoms with Crippen molar-refractivity contribution < 1.29 is 23.8 Å². The molecule has 2 aliphatic heterocycles. The number of hydrogen-bond acceptors (Lipinski definition) is 9. The highest BCUT2D eigenvalue weighted by Gasteiger charge is 2.37. The Morgan fingerprint density at radius 1 is 0.759 bits per heavy atom. The second-order valence-electron chi connectivity index (χ2n) is 18.7. The Balaban J connectivity index is 1.10. The molecule has 5 aromatic rings. The number of ether oxygens (including phenoxy) is 3. The molecule has 0 bridgehead atoms. The van der Waals surface area contributed by atoms with Crippen LogP contribution in [0.15, 0.2) is 61.1 Å². The van der Waals surface area contributed by atoms with Crippen molar-refractivity contribution in [1.82, 2.24) is 39.3 Å². The zero-order valence-electron chi connectivity index (χ0n) is 35.5. The number of hydrogen-bond donors (Lipinski definition) is 1. The summed E-state index contributed by atoms with van der Waals surface area (Å²) in [6.07, 6.45) is 8.29. The number of nitrogens with zero attached hydrogens (tertiary/aromatic N) is 7. The molecule has 308 valence electrons. The highest BCUT2D eigenvalue weighted by molar-refractivity contribution is 6.76. The third kappa shape index (κ3) is 9.61. The summed E-state index contributed by atoms with van der Waals surface area (Å²) in [6, 6.07) is 14.9. The first-order valence-electron chi connectivity index (χ1n) is 20.5. The highest BCUT2D eigenvalue weighted by Crippen LogP contribution is 2.37. The lowest BCUT2D eigenvalue weighted by atomic mass is 10.1. The van der Waals surface area contributed by atoms with E-state index in [1.807, 2.05) is 96.4 Å². The van der Waals surface area contributed by atoms with Gasteiger partial charge in [-0.3, -0.25) is 14.8 Å². The van der Waals surface area contributed by atoms with Crippen LogP contribution >= 0.6 is 0 Å². The van der Waals surface area contributed by atoms with Crippen LogP contribution in [-0.2, 0) is 20.9 Å². The lowest BCUT2D eigenvalue weighted by Crippen LogP contribution is -2.37. The molecule has 2 amide bonds. The molecule has 2 saturated heterocycles. The van der Waals surface area contributed by atoms with Crippen molar-refractivity contribution in [3.8, 4) is 33.8 Å². The molecule has 58 heavy (non-hydrogen) atoms. The lowest BCUT2D eigenvalue weighted by Gasteiger charge is -2.29. The summed E-state index contributed by atoms with van der Waals surface area (Å²) >= 11 is 0. The number of fused-ring (bicyclic) bond motifs is 1. The van der Waals surface area contributed by atoms with Gasteiger partial charge in [0.2, 0.25) is 0 Å². The Morgan fingerprint density at radius 2 is 1.38 bits per heavy atom. The van der Waals surface area contributed by atoms with Crippen molar-refractivity contribution in [2.45, 2.75) is 123 Å². The molecule has 0 saturated carbocycles. The average Bonchev–Trinajstić information content (AvgIpc) is 3.98. The standard InChI is InChI=1S/C44H58N8O5Si/c1-43(2,3)56-41(53)50-20-10-12-36(50)39-46-26-35(49-39)30-16-14-29(15-17-30)34-25-45-33-24-31(18-19-32(33)48-34)38-27-47-40(52(38)28-55-22-23-58(7,8)9)37-13-11-21-51(37)42(54)57-44(4,5)6/h14-19,24-27,36-37H,10-13,20-23,28H2,1-9H3,(H,46,49)/t36-,37-/m0/s1. The van der Waals surface area contributed by atoms with Crippen molar-refractivity contribution in [2.75, 3.05) is 19.7 Å². The normalized spacial score (nSPS) is 17.7. The summed E-state index contributed by atoms with van der Waals surface area (Å²) in [5.74, 6) is 1.56. The van der Waals surface area contributed by atoms with Gasteiger partial charge >= 0.3 is 12.2 Å². The van der Waals surface area contributed by atoms with Crippen LogP contribution in [0.25, 0.3) is 44.8 Å². The Labute approximate surface area is 342 Å². The number of amides is 2. The van der Waals surface area contributed by atoms with Gasteiger partial charge in [-0.15, -0.1) is 0 Å². The fraction of sp³-hybridized carbons (Fsp3) is 0.500. The number of aromatic amines is 1. The summed E-state index contributed by atoms with van der Waals surface area (Å²) < 4.78 is 19.9. The molecule has 0 spiro atoms. The SMILES string of the molecule is CC(C)(C)OC(=O)N1CCC[C@H]1c1ncc(-c2ccc(-c3cnc4cc(-c5cnc([C@@H]6CCCN6C(=O)OC(C)(C)C)n5COCC[Si](C)(C)C)ccc4n3)cc2)[nH]1. The Bertz CT molecular complexity index is 2250. The molecule has 0 radical (unpaired) electrons. The average molecular weight is 807 g/mol. The first-order chi connectivity index (χ1) is 27.4. The van der Waals surface area contributed by atoms with E-state index < -0.39 is 19.3 Å². The zero-order valence-corrected chi connectivity index (χ0v) is 36.5. The number of likely N-dealkylation sites (tertiary alicyclic amines) is 2. The van der Waals surface area contributed by atoms with Crippen LogP contribution in [0, 0.1) is 0 Å². The third-order valence-corrected chi connectivity index (χ3v) is 12.1.